The van der Waals surface area contributed by atoms with Crippen LogP contribution >= 0.6 is 0 Å². The highest BCUT2D eigenvalue weighted by atomic mass is 32.2. The first-order valence-electron chi connectivity index (χ1n) is 8.01. The minimum Gasteiger partial charge on any atom is -0.349 e. The standard InChI is InChI=1S/C17H26N2O3S/c1-12-7-8-13(2)16(10-12)14(3)18-17(20)15-6-5-9-19(11-15)23(4,21)22/h7-8,10,14-15H,5-6,9,11H2,1-4H3,(H,18,20)/t14-,15+/m0/s1. The van der Waals surface area contributed by atoms with E-state index in [1.165, 1.54) is 10.6 Å². The molecule has 0 aliphatic carbocycles. The Morgan fingerprint density at radius 1 is 1.35 bits per heavy atom. The number of rotatable bonds is 4. The zero-order valence-electron chi connectivity index (χ0n) is 14.3. The maximum Gasteiger partial charge on any atom is 0.224 e. The normalized spacial score (nSPS) is 21.0. The molecule has 6 heteroatoms. The molecule has 1 amide bonds. The number of amides is 1. The predicted molar refractivity (Wildman–Crippen MR) is 91.6 cm³/mol. The molecule has 0 unspecified atom stereocenters. The number of aryl methyl sites for hydroxylation is 2. The van der Waals surface area contributed by atoms with E-state index >= 15 is 0 Å². The number of carbonyl (C=O) groups is 1. The first kappa shape index (κ1) is 17.9. The maximum atomic E-state index is 12.5. The van der Waals surface area contributed by atoms with E-state index in [1.54, 1.807) is 0 Å². The number of hydrogen-bond acceptors (Lipinski definition) is 3. The molecule has 128 valence electrons. The van der Waals surface area contributed by atoms with Crippen molar-refractivity contribution in [1.82, 2.24) is 9.62 Å². The van der Waals surface area contributed by atoms with Crippen LogP contribution in [0.1, 0.15) is 42.5 Å². The van der Waals surface area contributed by atoms with Gasteiger partial charge in [-0.25, -0.2) is 12.7 Å². The van der Waals surface area contributed by atoms with Gasteiger partial charge in [0.05, 0.1) is 18.2 Å². The Kier molecular flexibility index (Phi) is 5.47. The number of hydrogen-bond donors (Lipinski definition) is 1. The second-order valence-corrected chi connectivity index (χ2v) is 8.53. The summed E-state index contributed by atoms with van der Waals surface area (Å²) in [6.45, 7) is 6.82. The highest BCUT2D eigenvalue weighted by Gasteiger charge is 2.30. The van der Waals surface area contributed by atoms with E-state index in [-0.39, 0.29) is 24.4 Å². The SMILES string of the molecule is Cc1ccc(C)c([C@H](C)NC(=O)[C@@H]2CCCN(S(C)(=O)=O)C2)c1. The van der Waals surface area contributed by atoms with Gasteiger partial charge < -0.3 is 5.32 Å². The van der Waals surface area contributed by atoms with Gasteiger partial charge in [0.2, 0.25) is 15.9 Å². The molecule has 0 bridgehead atoms. The molecule has 5 nitrogen and oxygen atoms in total. The number of piperidine rings is 1. The van der Waals surface area contributed by atoms with Crippen molar-refractivity contribution in [3.05, 3.63) is 34.9 Å². The van der Waals surface area contributed by atoms with Gasteiger partial charge in [-0.2, -0.15) is 0 Å². The van der Waals surface area contributed by atoms with E-state index in [2.05, 4.69) is 23.5 Å². The molecule has 0 spiro atoms. The Hall–Kier alpha value is -1.40. The lowest BCUT2D eigenvalue weighted by molar-refractivity contribution is -0.126. The Bertz CT molecular complexity index is 685. The lowest BCUT2D eigenvalue weighted by atomic mass is 9.96. The molecule has 0 radical (unpaired) electrons. The highest BCUT2D eigenvalue weighted by molar-refractivity contribution is 7.88. The van der Waals surface area contributed by atoms with Crippen molar-refractivity contribution in [2.75, 3.05) is 19.3 Å². The first-order valence-corrected chi connectivity index (χ1v) is 9.86. The van der Waals surface area contributed by atoms with Crippen molar-refractivity contribution in [2.45, 2.75) is 39.7 Å². The van der Waals surface area contributed by atoms with Gasteiger partial charge in [-0.15, -0.1) is 0 Å². The number of nitrogens with one attached hydrogen (secondary N) is 1. The summed E-state index contributed by atoms with van der Waals surface area (Å²) in [5, 5.41) is 3.05. The highest BCUT2D eigenvalue weighted by Crippen LogP contribution is 2.22. The van der Waals surface area contributed by atoms with Crippen LogP contribution in [0.15, 0.2) is 18.2 Å². The van der Waals surface area contributed by atoms with Gasteiger partial charge in [0.1, 0.15) is 0 Å². The predicted octanol–water partition coefficient (Wildman–Crippen LogP) is 2.15. The second-order valence-electron chi connectivity index (χ2n) is 6.55. The number of benzene rings is 1. The third-order valence-electron chi connectivity index (χ3n) is 4.48. The Morgan fingerprint density at radius 2 is 2.04 bits per heavy atom. The Morgan fingerprint density at radius 3 is 2.70 bits per heavy atom. The van der Waals surface area contributed by atoms with Crippen molar-refractivity contribution in [2.24, 2.45) is 5.92 Å². The topological polar surface area (TPSA) is 66.5 Å². The fourth-order valence-electron chi connectivity index (χ4n) is 3.09. The zero-order chi connectivity index (χ0) is 17.2. The fraction of sp³-hybridized carbons (Fsp3) is 0.588. The number of carbonyl (C=O) groups excluding carboxylic acids is 1. The Labute approximate surface area is 139 Å². The fourth-order valence-corrected chi connectivity index (χ4v) is 4.00. The van der Waals surface area contributed by atoms with Crippen LogP contribution in [0.3, 0.4) is 0 Å². The van der Waals surface area contributed by atoms with E-state index in [4.69, 9.17) is 0 Å². The van der Waals surface area contributed by atoms with Gasteiger partial charge >= 0.3 is 0 Å². The van der Waals surface area contributed by atoms with Gasteiger partial charge in [-0.1, -0.05) is 23.8 Å². The minimum atomic E-state index is -3.23. The van der Waals surface area contributed by atoms with Crippen LogP contribution in [0, 0.1) is 19.8 Å². The quantitative estimate of drug-likeness (QED) is 0.915. The maximum absolute atomic E-state index is 12.5. The van der Waals surface area contributed by atoms with Crippen LogP contribution in [-0.2, 0) is 14.8 Å². The molecule has 2 atom stereocenters. The lowest BCUT2D eigenvalue weighted by Crippen LogP contribution is -2.45. The van der Waals surface area contributed by atoms with Crippen LogP contribution in [0.2, 0.25) is 0 Å². The molecule has 0 saturated carbocycles. The molecular formula is C17H26N2O3S. The van der Waals surface area contributed by atoms with Gasteiger partial charge in [-0.3, -0.25) is 4.79 Å². The summed E-state index contributed by atoms with van der Waals surface area (Å²) < 4.78 is 24.8. The molecule has 2 rings (SSSR count). The molecule has 1 aliphatic rings. The van der Waals surface area contributed by atoms with Crippen molar-refractivity contribution in [3.8, 4) is 0 Å². The summed E-state index contributed by atoms with van der Waals surface area (Å²) in [7, 11) is -3.23. The molecule has 23 heavy (non-hydrogen) atoms. The second kappa shape index (κ2) is 7.01. The average Bonchev–Trinajstić information content (AvgIpc) is 2.48. The molecule has 0 aromatic heterocycles. The average molecular weight is 338 g/mol. The zero-order valence-corrected chi connectivity index (χ0v) is 15.1. The van der Waals surface area contributed by atoms with Crippen LogP contribution in [-0.4, -0.2) is 38.0 Å². The molecule has 1 fully saturated rings. The third-order valence-corrected chi connectivity index (χ3v) is 5.75. The van der Waals surface area contributed by atoms with Gasteiger partial charge in [0.25, 0.3) is 0 Å². The third kappa shape index (κ3) is 4.54. The summed E-state index contributed by atoms with van der Waals surface area (Å²) in [5.41, 5.74) is 3.41. The van der Waals surface area contributed by atoms with Crippen LogP contribution in [0.25, 0.3) is 0 Å². The van der Waals surface area contributed by atoms with Crippen molar-refractivity contribution >= 4 is 15.9 Å². The monoisotopic (exact) mass is 338 g/mol. The molecule has 1 N–H and O–H groups in total. The number of sulfonamides is 1. The van der Waals surface area contributed by atoms with E-state index in [0.717, 1.165) is 29.5 Å². The van der Waals surface area contributed by atoms with E-state index < -0.39 is 10.0 Å². The van der Waals surface area contributed by atoms with Crippen molar-refractivity contribution in [3.63, 3.8) is 0 Å². The molecule has 1 aromatic rings. The summed E-state index contributed by atoms with van der Waals surface area (Å²) in [4.78, 5) is 12.5. The molecule has 1 aromatic carbocycles. The molecule has 1 saturated heterocycles. The van der Waals surface area contributed by atoms with E-state index in [0.29, 0.717) is 6.54 Å². The summed E-state index contributed by atoms with van der Waals surface area (Å²) in [6.07, 6.45) is 2.66. The van der Waals surface area contributed by atoms with Gasteiger partial charge in [-0.05, 0) is 44.7 Å². The van der Waals surface area contributed by atoms with Crippen molar-refractivity contribution < 1.29 is 13.2 Å². The first-order chi connectivity index (χ1) is 10.7. The van der Waals surface area contributed by atoms with Crippen LogP contribution < -0.4 is 5.32 Å². The van der Waals surface area contributed by atoms with Crippen LogP contribution in [0.4, 0.5) is 0 Å². The van der Waals surface area contributed by atoms with Crippen LogP contribution in [0.5, 0.6) is 0 Å². The minimum absolute atomic E-state index is 0.0632. The van der Waals surface area contributed by atoms with Gasteiger partial charge in [0.15, 0.2) is 0 Å². The Balaban J connectivity index is 2.05. The van der Waals surface area contributed by atoms with E-state index in [1.807, 2.05) is 20.8 Å². The lowest BCUT2D eigenvalue weighted by Gasteiger charge is -2.31. The summed E-state index contributed by atoms with van der Waals surface area (Å²) in [6, 6.07) is 6.11. The van der Waals surface area contributed by atoms with E-state index in [9.17, 15) is 13.2 Å². The van der Waals surface area contributed by atoms with Crippen molar-refractivity contribution in [1.29, 1.82) is 0 Å². The largest absolute Gasteiger partial charge is 0.349 e. The molecular weight excluding hydrogens is 312 g/mol. The summed E-state index contributed by atoms with van der Waals surface area (Å²) >= 11 is 0. The number of nitrogens with zero attached hydrogens (tertiary/aromatic N) is 1. The smallest absolute Gasteiger partial charge is 0.224 e. The molecule has 1 aliphatic heterocycles. The molecule has 1 heterocycles. The van der Waals surface area contributed by atoms with Gasteiger partial charge in [0, 0.05) is 13.1 Å². The summed E-state index contributed by atoms with van der Waals surface area (Å²) in [5.74, 6) is -0.335.